The van der Waals surface area contributed by atoms with E-state index in [2.05, 4.69) is 205 Å². The molecule has 52 heavy (non-hydrogen) atoms. The Morgan fingerprint density at radius 3 is 1.69 bits per heavy atom. The Balaban J connectivity index is 1.17. The summed E-state index contributed by atoms with van der Waals surface area (Å²) in [5.41, 5.74) is 10.7. The van der Waals surface area contributed by atoms with Crippen molar-refractivity contribution in [3.8, 4) is 33.4 Å². The van der Waals surface area contributed by atoms with Crippen molar-refractivity contribution in [3.05, 3.63) is 200 Å². The summed E-state index contributed by atoms with van der Waals surface area (Å²) in [6.07, 6.45) is 0. The molecule has 0 N–H and O–H groups in total. The normalized spacial score (nSPS) is 11.5. The molecule has 244 valence electrons. The number of anilines is 3. The van der Waals surface area contributed by atoms with Gasteiger partial charge in [-0.1, -0.05) is 164 Å². The average molecular weight is 680 g/mol. The van der Waals surface area contributed by atoms with Gasteiger partial charge in [-0.15, -0.1) is 11.3 Å². The summed E-state index contributed by atoms with van der Waals surface area (Å²) in [6.45, 7) is 0. The Morgan fingerprint density at radius 2 is 0.885 bits per heavy atom. The van der Waals surface area contributed by atoms with E-state index in [1.807, 2.05) is 11.3 Å². The molecule has 0 saturated carbocycles. The molecule has 2 heteroatoms. The van der Waals surface area contributed by atoms with E-state index in [9.17, 15) is 0 Å². The summed E-state index contributed by atoms with van der Waals surface area (Å²) in [5, 5.41) is 7.62. The van der Waals surface area contributed by atoms with E-state index < -0.39 is 0 Å². The van der Waals surface area contributed by atoms with E-state index in [4.69, 9.17) is 0 Å². The van der Waals surface area contributed by atoms with Crippen molar-refractivity contribution in [1.82, 2.24) is 0 Å². The van der Waals surface area contributed by atoms with Crippen LogP contribution in [0.5, 0.6) is 0 Å². The van der Waals surface area contributed by atoms with Gasteiger partial charge in [0.1, 0.15) is 0 Å². The predicted octanol–water partition coefficient (Wildman–Crippen LogP) is 14.8. The average Bonchev–Trinajstić information content (AvgIpc) is 3.60. The number of rotatable bonds is 6. The summed E-state index contributed by atoms with van der Waals surface area (Å²) in [7, 11) is 0. The third-order valence-corrected chi connectivity index (χ3v) is 11.5. The summed E-state index contributed by atoms with van der Waals surface area (Å²) in [4.78, 5) is 2.43. The van der Waals surface area contributed by atoms with E-state index in [-0.39, 0.29) is 0 Å². The molecule has 10 rings (SSSR count). The molecule has 0 saturated heterocycles. The molecule has 0 aliphatic carbocycles. The minimum Gasteiger partial charge on any atom is -0.310 e. The van der Waals surface area contributed by atoms with Crippen LogP contribution in [0.4, 0.5) is 17.1 Å². The van der Waals surface area contributed by atoms with Crippen molar-refractivity contribution < 1.29 is 0 Å². The first-order valence-electron chi connectivity index (χ1n) is 17.8. The number of para-hydroxylation sites is 1. The SMILES string of the molecule is c1cc(-c2cccc3c2sc2ccccc23)cc(N(c2ccc(-c3cccc4ccccc34)cc2)c2ccccc2-c2cccc3ccccc23)c1. The van der Waals surface area contributed by atoms with Gasteiger partial charge in [0.05, 0.1) is 5.69 Å². The van der Waals surface area contributed by atoms with Crippen molar-refractivity contribution in [2.45, 2.75) is 0 Å². The standard InChI is InChI=1S/C50H33NS/c1-3-19-40-34(13-1)15-10-23-41(40)36-29-31-38(32-30-36)51(48-27-7-5-21-45(48)44-25-11-16-35-14-2-4-20-42(35)44)39-18-9-17-37(33-39)43-24-12-26-47-46-22-6-8-28-49(46)52-50(43)47/h1-33H. The first kappa shape index (κ1) is 30.4. The van der Waals surface area contributed by atoms with Crippen molar-refractivity contribution in [2.75, 3.05) is 4.90 Å². The first-order chi connectivity index (χ1) is 25.8. The maximum absolute atomic E-state index is 2.43. The topological polar surface area (TPSA) is 3.24 Å². The van der Waals surface area contributed by atoms with Gasteiger partial charge in [-0.2, -0.15) is 0 Å². The number of hydrogen-bond acceptors (Lipinski definition) is 2. The number of thiophene rings is 1. The fraction of sp³-hybridized carbons (Fsp3) is 0. The van der Waals surface area contributed by atoms with E-state index in [0.717, 1.165) is 17.1 Å². The minimum absolute atomic E-state index is 1.11. The molecule has 0 aliphatic rings. The maximum atomic E-state index is 2.43. The Morgan fingerprint density at radius 1 is 0.327 bits per heavy atom. The number of benzene rings is 9. The highest BCUT2D eigenvalue weighted by molar-refractivity contribution is 7.26. The van der Waals surface area contributed by atoms with Crippen LogP contribution in [-0.2, 0) is 0 Å². The van der Waals surface area contributed by atoms with Crippen molar-refractivity contribution in [3.63, 3.8) is 0 Å². The lowest BCUT2D eigenvalue weighted by Crippen LogP contribution is -2.11. The fourth-order valence-electron chi connectivity index (χ4n) is 7.84. The molecule has 0 radical (unpaired) electrons. The second-order valence-electron chi connectivity index (χ2n) is 13.3. The summed E-state index contributed by atoms with van der Waals surface area (Å²) in [5.74, 6) is 0. The molecule has 0 amide bonds. The molecule has 1 nitrogen and oxygen atoms in total. The van der Waals surface area contributed by atoms with E-state index >= 15 is 0 Å². The number of nitrogens with zero attached hydrogens (tertiary/aromatic N) is 1. The minimum atomic E-state index is 1.11. The molecule has 0 aliphatic heterocycles. The second kappa shape index (κ2) is 12.7. The van der Waals surface area contributed by atoms with Crippen LogP contribution in [0, 0.1) is 0 Å². The molecule has 0 spiro atoms. The van der Waals surface area contributed by atoms with Crippen molar-refractivity contribution >= 4 is 70.1 Å². The molecule has 0 bridgehead atoms. The molecule has 9 aromatic carbocycles. The largest absolute Gasteiger partial charge is 0.310 e. The zero-order valence-corrected chi connectivity index (χ0v) is 29.2. The van der Waals surface area contributed by atoms with Gasteiger partial charge in [-0.25, -0.2) is 0 Å². The summed E-state index contributed by atoms with van der Waals surface area (Å²) in [6, 6.07) is 72.9. The van der Waals surface area contributed by atoms with Crippen LogP contribution in [0.3, 0.4) is 0 Å². The molecule has 0 fully saturated rings. The highest BCUT2D eigenvalue weighted by Crippen LogP contribution is 2.45. The molecular formula is C50H33NS. The third-order valence-electron chi connectivity index (χ3n) is 10.3. The lowest BCUT2D eigenvalue weighted by molar-refractivity contribution is 1.28. The number of fused-ring (bicyclic) bond motifs is 5. The fourth-order valence-corrected chi connectivity index (χ4v) is 9.08. The van der Waals surface area contributed by atoms with E-state index in [1.54, 1.807) is 0 Å². The summed E-state index contributed by atoms with van der Waals surface area (Å²) < 4.78 is 2.64. The van der Waals surface area contributed by atoms with Crippen molar-refractivity contribution in [1.29, 1.82) is 0 Å². The van der Waals surface area contributed by atoms with Crippen molar-refractivity contribution in [2.24, 2.45) is 0 Å². The highest BCUT2D eigenvalue weighted by atomic mass is 32.1. The highest BCUT2D eigenvalue weighted by Gasteiger charge is 2.20. The van der Waals surface area contributed by atoms with Gasteiger partial charge in [0.2, 0.25) is 0 Å². The number of hydrogen-bond donors (Lipinski definition) is 0. The van der Waals surface area contributed by atoms with Crippen LogP contribution >= 0.6 is 11.3 Å². The lowest BCUT2D eigenvalue weighted by Gasteiger charge is -2.29. The van der Waals surface area contributed by atoms with E-state index in [1.165, 1.54) is 75.1 Å². The van der Waals surface area contributed by atoms with Crippen LogP contribution < -0.4 is 4.90 Å². The Bertz CT molecular complexity index is 2910. The Kier molecular flexibility index (Phi) is 7.41. The van der Waals surface area contributed by atoms with E-state index in [0.29, 0.717) is 0 Å². The molecule has 0 unspecified atom stereocenters. The monoisotopic (exact) mass is 679 g/mol. The van der Waals surface area contributed by atoms with Gasteiger partial charge in [-0.05, 0) is 85.8 Å². The Hall–Kier alpha value is -6.48. The molecule has 1 heterocycles. The van der Waals surface area contributed by atoms with Crippen LogP contribution in [0.25, 0.3) is 75.1 Å². The second-order valence-corrected chi connectivity index (χ2v) is 14.3. The molecule has 0 atom stereocenters. The predicted molar refractivity (Wildman–Crippen MR) is 225 cm³/mol. The van der Waals surface area contributed by atoms with Crippen LogP contribution in [0.1, 0.15) is 0 Å². The summed E-state index contributed by atoms with van der Waals surface area (Å²) >= 11 is 1.88. The quantitative estimate of drug-likeness (QED) is 0.169. The van der Waals surface area contributed by atoms with Gasteiger partial charge >= 0.3 is 0 Å². The van der Waals surface area contributed by atoms with Gasteiger partial charge in [0.15, 0.2) is 0 Å². The van der Waals surface area contributed by atoms with Crippen LogP contribution in [-0.4, -0.2) is 0 Å². The third kappa shape index (κ3) is 5.16. The van der Waals surface area contributed by atoms with Crippen LogP contribution in [0.15, 0.2) is 200 Å². The lowest BCUT2D eigenvalue weighted by atomic mass is 9.95. The zero-order valence-electron chi connectivity index (χ0n) is 28.4. The maximum Gasteiger partial charge on any atom is 0.0540 e. The zero-order chi connectivity index (χ0) is 34.4. The van der Waals surface area contributed by atoms with Gasteiger partial charge in [-0.3, -0.25) is 0 Å². The van der Waals surface area contributed by atoms with Gasteiger partial charge in [0, 0.05) is 37.1 Å². The Labute approximate surface area is 307 Å². The van der Waals surface area contributed by atoms with Gasteiger partial charge in [0.25, 0.3) is 0 Å². The molecular weight excluding hydrogens is 647 g/mol. The molecule has 10 aromatic rings. The van der Waals surface area contributed by atoms with Crippen LogP contribution in [0.2, 0.25) is 0 Å². The molecule has 1 aromatic heterocycles. The van der Waals surface area contributed by atoms with Gasteiger partial charge < -0.3 is 4.90 Å². The first-order valence-corrected chi connectivity index (χ1v) is 18.6. The smallest absolute Gasteiger partial charge is 0.0540 e.